The molecule has 1 atom stereocenters. The van der Waals surface area contributed by atoms with E-state index in [1.807, 2.05) is 17.9 Å². The molecule has 5 nitrogen and oxygen atoms in total. The summed E-state index contributed by atoms with van der Waals surface area (Å²) in [7, 11) is 2.02. The first-order chi connectivity index (χ1) is 10.2. The van der Waals surface area contributed by atoms with Crippen LogP contribution in [0.1, 0.15) is 56.9 Å². The first-order valence-electron chi connectivity index (χ1n) is 7.98. The number of hydrogen-bond acceptors (Lipinski definition) is 3. The maximum Gasteiger partial charge on any atom is 0.132 e. The number of nitrogens with zero attached hydrogens (tertiary/aromatic N) is 4. The van der Waals surface area contributed by atoms with Crippen molar-refractivity contribution >= 4 is 0 Å². The van der Waals surface area contributed by atoms with Gasteiger partial charge in [0.2, 0.25) is 0 Å². The van der Waals surface area contributed by atoms with Gasteiger partial charge in [-0.3, -0.25) is 4.68 Å². The molecule has 0 fully saturated rings. The Balaban J connectivity index is 2.37. The van der Waals surface area contributed by atoms with Gasteiger partial charge < -0.3 is 9.88 Å². The molecule has 2 aromatic heterocycles. The zero-order chi connectivity index (χ0) is 15.2. The van der Waals surface area contributed by atoms with Crippen molar-refractivity contribution in [3.63, 3.8) is 0 Å². The molecule has 116 valence electrons. The lowest BCUT2D eigenvalue weighted by Crippen LogP contribution is -2.28. The molecule has 1 N–H and O–H groups in total. The molecule has 0 aliphatic heterocycles. The summed E-state index contributed by atoms with van der Waals surface area (Å²) in [5.41, 5.74) is 2.31. The topological polar surface area (TPSA) is 47.7 Å². The third-order valence-corrected chi connectivity index (χ3v) is 3.69. The van der Waals surface area contributed by atoms with Crippen LogP contribution in [0.25, 0.3) is 0 Å². The second-order valence-corrected chi connectivity index (χ2v) is 5.40. The van der Waals surface area contributed by atoms with Crippen LogP contribution in [0, 0.1) is 0 Å². The molecule has 21 heavy (non-hydrogen) atoms. The van der Waals surface area contributed by atoms with Gasteiger partial charge in [0, 0.05) is 26.0 Å². The SMILES string of the molecule is CCCNC(c1nccn1CCC)c1cc(CC)nn1C. The summed E-state index contributed by atoms with van der Waals surface area (Å²) in [5.74, 6) is 1.08. The van der Waals surface area contributed by atoms with Crippen molar-refractivity contribution in [1.29, 1.82) is 0 Å². The number of rotatable bonds is 8. The van der Waals surface area contributed by atoms with Crippen LogP contribution in [0.3, 0.4) is 0 Å². The van der Waals surface area contributed by atoms with Crippen molar-refractivity contribution in [2.75, 3.05) is 6.54 Å². The van der Waals surface area contributed by atoms with E-state index in [-0.39, 0.29) is 6.04 Å². The van der Waals surface area contributed by atoms with Crippen LogP contribution in [-0.2, 0) is 20.0 Å². The Labute approximate surface area is 127 Å². The maximum atomic E-state index is 4.60. The number of aromatic nitrogens is 4. The maximum absolute atomic E-state index is 4.60. The van der Waals surface area contributed by atoms with Gasteiger partial charge in [-0.05, 0) is 31.9 Å². The first-order valence-corrected chi connectivity index (χ1v) is 7.98. The molecule has 0 saturated heterocycles. The summed E-state index contributed by atoms with van der Waals surface area (Å²) in [5, 5.41) is 8.20. The summed E-state index contributed by atoms with van der Waals surface area (Å²) >= 11 is 0. The molecule has 0 spiro atoms. The Bertz CT molecular complexity index is 555. The second kappa shape index (κ2) is 7.41. The van der Waals surface area contributed by atoms with E-state index in [1.54, 1.807) is 0 Å². The van der Waals surface area contributed by atoms with Gasteiger partial charge in [0.25, 0.3) is 0 Å². The lowest BCUT2D eigenvalue weighted by atomic mass is 10.1. The predicted molar refractivity (Wildman–Crippen MR) is 85.2 cm³/mol. The number of aryl methyl sites for hydroxylation is 3. The van der Waals surface area contributed by atoms with E-state index >= 15 is 0 Å². The van der Waals surface area contributed by atoms with Crippen LogP contribution in [0.15, 0.2) is 18.5 Å². The Morgan fingerprint density at radius 1 is 1.24 bits per heavy atom. The molecular formula is C16H27N5. The smallest absolute Gasteiger partial charge is 0.132 e. The molecule has 0 saturated carbocycles. The van der Waals surface area contributed by atoms with Gasteiger partial charge in [0.05, 0.1) is 11.4 Å². The molecule has 0 radical (unpaired) electrons. The van der Waals surface area contributed by atoms with E-state index in [4.69, 9.17) is 0 Å². The van der Waals surface area contributed by atoms with Gasteiger partial charge in [0.15, 0.2) is 0 Å². The van der Waals surface area contributed by atoms with E-state index in [2.05, 4.69) is 53.0 Å². The van der Waals surface area contributed by atoms with E-state index in [0.717, 1.165) is 43.9 Å². The van der Waals surface area contributed by atoms with Crippen molar-refractivity contribution in [2.45, 2.75) is 52.6 Å². The molecule has 0 aliphatic rings. The predicted octanol–water partition coefficient (Wildman–Crippen LogP) is 2.68. The van der Waals surface area contributed by atoms with E-state index in [0.29, 0.717) is 0 Å². The molecule has 1 unspecified atom stereocenters. The standard InChI is InChI=1S/C16H27N5/c1-5-8-17-15(14-12-13(7-3)19-20(14)4)16-18-9-11-21(16)10-6-2/h9,11-12,15,17H,5-8,10H2,1-4H3. The fourth-order valence-corrected chi connectivity index (χ4v) is 2.61. The van der Waals surface area contributed by atoms with Crippen molar-refractivity contribution in [1.82, 2.24) is 24.6 Å². The third-order valence-electron chi connectivity index (χ3n) is 3.69. The first kappa shape index (κ1) is 15.8. The quantitative estimate of drug-likeness (QED) is 0.813. The Morgan fingerprint density at radius 2 is 2.05 bits per heavy atom. The highest BCUT2D eigenvalue weighted by atomic mass is 15.3. The zero-order valence-corrected chi connectivity index (χ0v) is 13.6. The fourth-order valence-electron chi connectivity index (χ4n) is 2.61. The zero-order valence-electron chi connectivity index (χ0n) is 13.6. The fraction of sp³-hybridized carbons (Fsp3) is 0.625. The molecule has 2 rings (SSSR count). The third kappa shape index (κ3) is 3.53. The lowest BCUT2D eigenvalue weighted by Gasteiger charge is -2.19. The van der Waals surface area contributed by atoms with Crippen molar-refractivity contribution < 1.29 is 0 Å². The Kier molecular flexibility index (Phi) is 5.56. The van der Waals surface area contributed by atoms with Gasteiger partial charge in [-0.25, -0.2) is 4.98 Å². The van der Waals surface area contributed by atoms with Crippen LogP contribution in [0.2, 0.25) is 0 Å². The summed E-state index contributed by atoms with van der Waals surface area (Å²) in [6.07, 6.45) is 7.12. The molecule has 0 amide bonds. The number of hydrogen-bond donors (Lipinski definition) is 1. The summed E-state index contributed by atoms with van der Waals surface area (Å²) in [6, 6.07) is 2.29. The lowest BCUT2D eigenvalue weighted by molar-refractivity contribution is 0.502. The highest BCUT2D eigenvalue weighted by Gasteiger charge is 2.22. The molecule has 2 aromatic rings. The number of nitrogens with one attached hydrogen (secondary N) is 1. The minimum Gasteiger partial charge on any atom is -0.333 e. The minimum absolute atomic E-state index is 0.101. The summed E-state index contributed by atoms with van der Waals surface area (Å²) in [6.45, 7) is 8.48. The van der Waals surface area contributed by atoms with Crippen LogP contribution < -0.4 is 5.32 Å². The van der Waals surface area contributed by atoms with Crippen LogP contribution >= 0.6 is 0 Å². The van der Waals surface area contributed by atoms with Gasteiger partial charge in [-0.1, -0.05) is 20.8 Å². The van der Waals surface area contributed by atoms with Gasteiger partial charge in [-0.2, -0.15) is 5.10 Å². The highest BCUT2D eigenvalue weighted by Crippen LogP contribution is 2.22. The van der Waals surface area contributed by atoms with Crippen molar-refractivity contribution in [3.05, 3.63) is 35.7 Å². The summed E-state index contributed by atoms with van der Waals surface area (Å²) < 4.78 is 4.23. The molecule has 2 heterocycles. The molecule has 5 heteroatoms. The monoisotopic (exact) mass is 289 g/mol. The van der Waals surface area contributed by atoms with Crippen molar-refractivity contribution in [2.24, 2.45) is 7.05 Å². The van der Waals surface area contributed by atoms with E-state index in [1.165, 1.54) is 5.69 Å². The normalized spacial score (nSPS) is 12.8. The van der Waals surface area contributed by atoms with Crippen molar-refractivity contribution in [3.8, 4) is 0 Å². The minimum atomic E-state index is 0.101. The Morgan fingerprint density at radius 3 is 2.67 bits per heavy atom. The largest absolute Gasteiger partial charge is 0.333 e. The van der Waals surface area contributed by atoms with E-state index < -0.39 is 0 Å². The molecular weight excluding hydrogens is 262 g/mol. The van der Waals surface area contributed by atoms with Gasteiger partial charge in [0.1, 0.15) is 11.9 Å². The summed E-state index contributed by atoms with van der Waals surface area (Å²) in [4.78, 5) is 4.60. The van der Waals surface area contributed by atoms with Crippen LogP contribution in [0.5, 0.6) is 0 Å². The molecule has 0 bridgehead atoms. The van der Waals surface area contributed by atoms with Gasteiger partial charge in [-0.15, -0.1) is 0 Å². The average molecular weight is 289 g/mol. The second-order valence-electron chi connectivity index (χ2n) is 5.40. The van der Waals surface area contributed by atoms with Crippen LogP contribution in [-0.4, -0.2) is 25.9 Å². The molecule has 0 aliphatic carbocycles. The highest BCUT2D eigenvalue weighted by molar-refractivity contribution is 5.21. The van der Waals surface area contributed by atoms with Crippen LogP contribution in [0.4, 0.5) is 0 Å². The van der Waals surface area contributed by atoms with E-state index in [9.17, 15) is 0 Å². The van der Waals surface area contributed by atoms with Gasteiger partial charge >= 0.3 is 0 Å². The number of imidazole rings is 1. The average Bonchev–Trinajstić information content (AvgIpc) is 3.08. The molecule has 0 aromatic carbocycles. The Hall–Kier alpha value is -1.62.